The molecule has 156 valence electrons. The van der Waals surface area contributed by atoms with Crippen LogP contribution in [0.2, 0.25) is 0 Å². The quantitative estimate of drug-likeness (QED) is 0.477. The molecule has 0 amide bonds. The Morgan fingerprint density at radius 1 is 1.10 bits per heavy atom. The SMILES string of the molecule is COc1ccc(-c2n[nH]nc2CCn2c(=N)sc3cc(OC(F)(F)F)ccc32)cc1. The highest BCUT2D eigenvalue weighted by Gasteiger charge is 2.31. The Kier molecular flexibility index (Phi) is 5.20. The van der Waals surface area contributed by atoms with E-state index in [2.05, 4.69) is 20.1 Å². The van der Waals surface area contributed by atoms with Crippen LogP contribution in [0.25, 0.3) is 21.5 Å². The van der Waals surface area contributed by atoms with E-state index in [1.165, 1.54) is 18.2 Å². The molecule has 0 saturated carbocycles. The second kappa shape index (κ2) is 7.82. The lowest BCUT2D eigenvalue weighted by molar-refractivity contribution is -0.274. The van der Waals surface area contributed by atoms with E-state index in [0.717, 1.165) is 28.3 Å². The molecule has 0 unspecified atom stereocenters. The smallest absolute Gasteiger partial charge is 0.497 e. The van der Waals surface area contributed by atoms with Gasteiger partial charge in [-0.25, -0.2) is 0 Å². The largest absolute Gasteiger partial charge is 0.573 e. The van der Waals surface area contributed by atoms with Crippen molar-refractivity contribution in [3.63, 3.8) is 0 Å². The van der Waals surface area contributed by atoms with Crippen molar-refractivity contribution >= 4 is 21.6 Å². The number of hydrogen-bond donors (Lipinski definition) is 2. The van der Waals surface area contributed by atoms with Crippen molar-refractivity contribution < 1.29 is 22.6 Å². The summed E-state index contributed by atoms with van der Waals surface area (Å²) >= 11 is 1.09. The lowest BCUT2D eigenvalue weighted by Gasteiger charge is -2.09. The minimum Gasteiger partial charge on any atom is -0.497 e. The van der Waals surface area contributed by atoms with Crippen LogP contribution in [0.15, 0.2) is 42.5 Å². The maximum absolute atomic E-state index is 12.4. The number of aromatic nitrogens is 4. The zero-order valence-corrected chi connectivity index (χ0v) is 16.5. The topological polar surface area (TPSA) is 88.8 Å². The summed E-state index contributed by atoms with van der Waals surface area (Å²) in [4.78, 5) is 0.226. The summed E-state index contributed by atoms with van der Waals surface area (Å²) in [6, 6.07) is 11.5. The van der Waals surface area contributed by atoms with Crippen LogP contribution >= 0.6 is 11.3 Å². The molecule has 0 spiro atoms. The number of nitrogens with zero attached hydrogens (tertiary/aromatic N) is 3. The molecule has 2 aromatic carbocycles. The van der Waals surface area contributed by atoms with Crippen LogP contribution in [0.3, 0.4) is 0 Å². The fourth-order valence-corrected chi connectivity index (χ4v) is 4.08. The number of H-pyrrole nitrogens is 1. The second-order valence-corrected chi connectivity index (χ2v) is 7.36. The van der Waals surface area contributed by atoms with Gasteiger partial charge in [-0.2, -0.15) is 15.4 Å². The van der Waals surface area contributed by atoms with Crippen LogP contribution in [-0.4, -0.2) is 33.5 Å². The fraction of sp³-hybridized carbons (Fsp3) is 0.211. The average molecular weight is 435 g/mol. The highest BCUT2D eigenvalue weighted by atomic mass is 32.1. The van der Waals surface area contributed by atoms with Gasteiger partial charge in [0.15, 0.2) is 4.80 Å². The molecule has 4 rings (SSSR count). The summed E-state index contributed by atoms with van der Waals surface area (Å²) in [5.41, 5.74) is 2.96. The number of methoxy groups -OCH3 is 1. The van der Waals surface area contributed by atoms with E-state index in [1.54, 1.807) is 11.7 Å². The Morgan fingerprint density at radius 2 is 1.83 bits per heavy atom. The number of benzene rings is 2. The Hall–Kier alpha value is -3.34. The summed E-state index contributed by atoms with van der Waals surface area (Å²) in [7, 11) is 1.59. The zero-order chi connectivity index (χ0) is 21.3. The van der Waals surface area contributed by atoms with Gasteiger partial charge in [-0.15, -0.1) is 13.2 Å². The summed E-state index contributed by atoms with van der Waals surface area (Å²) < 4.78 is 48.7. The molecule has 2 N–H and O–H groups in total. The lowest BCUT2D eigenvalue weighted by atomic mass is 10.1. The number of fused-ring (bicyclic) bond motifs is 1. The molecule has 7 nitrogen and oxygen atoms in total. The Labute approximate surface area is 172 Å². The van der Waals surface area contributed by atoms with E-state index < -0.39 is 6.36 Å². The van der Waals surface area contributed by atoms with Crippen molar-refractivity contribution in [2.45, 2.75) is 19.3 Å². The molecule has 0 radical (unpaired) electrons. The molecule has 11 heteroatoms. The maximum Gasteiger partial charge on any atom is 0.573 e. The Bertz CT molecular complexity index is 1230. The average Bonchev–Trinajstić information content (AvgIpc) is 3.28. The molecule has 0 aliphatic rings. The normalized spacial score (nSPS) is 11.7. The zero-order valence-electron chi connectivity index (χ0n) is 15.7. The first-order valence-electron chi connectivity index (χ1n) is 8.82. The van der Waals surface area contributed by atoms with Gasteiger partial charge in [0.1, 0.15) is 17.2 Å². The van der Waals surface area contributed by atoms with E-state index in [9.17, 15) is 13.2 Å². The standard InChI is InChI=1S/C19H16F3N5O2S/c1-28-12-4-2-11(3-5-12)17-14(24-26-25-17)8-9-27-15-7-6-13(29-19(20,21)22)10-16(15)30-18(27)23/h2-7,10,23H,8-9H2,1H3,(H,24,25,26). The van der Waals surface area contributed by atoms with E-state index in [4.69, 9.17) is 10.1 Å². The number of alkyl halides is 3. The van der Waals surface area contributed by atoms with Crippen molar-refractivity contribution in [3.05, 3.63) is 53.0 Å². The first-order chi connectivity index (χ1) is 14.3. The predicted molar refractivity (Wildman–Crippen MR) is 104 cm³/mol. The summed E-state index contributed by atoms with van der Waals surface area (Å²) in [6.07, 6.45) is -4.27. The Morgan fingerprint density at radius 3 is 2.53 bits per heavy atom. The molecular formula is C19H16F3N5O2S. The van der Waals surface area contributed by atoms with Gasteiger partial charge in [0, 0.05) is 18.5 Å². The van der Waals surface area contributed by atoms with Gasteiger partial charge in [0.05, 0.1) is 23.0 Å². The molecular weight excluding hydrogens is 419 g/mol. The van der Waals surface area contributed by atoms with E-state index in [0.29, 0.717) is 28.9 Å². The van der Waals surface area contributed by atoms with Gasteiger partial charge in [-0.1, -0.05) is 11.3 Å². The summed E-state index contributed by atoms with van der Waals surface area (Å²) in [5.74, 6) is 0.429. The van der Waals surface area contributed by atoms with Crippen LogP contribution < -0.4 is 14.3 Å². The number of halogens is 3. The van der Waals surface area contributed by atoms with Gasteiger partial charge in [0.25, 0.3) is 0 Å². The van der Waals surface area contributed by atoms with Crippen LogP contribution in [0.5, 0.6) is 11.5 Å². The number of nitrogens with one attached hydrogen (secondary N) is 2. The molecule has 0 bridgehead atoms. The van der Waals surface area contributed by atoms with Gasteiger partial charge >= 0.3 is 6.36 Å². The minimum absolute atomic E-state index is 0.226. The minimum atomic E-state index is -4.75. The Balaban J connectivity index is 1.56. The third-order valence-corrected chi connectivity index (χ3v) is 5.42. The van der Waals surface area contributed by atoms with Crippen molar-refractivity contribution in [3.8, 4) is 22.8 Å². The molecule has 0 fully saturated rings. The van der Waals surface area contributed by atoms with Gasteiger partial charge in [0.2, 0.25) is 0 Å². The highest BCUT2D eigenvalue weighted by molar-refractivity contribution is 7.16. The predicted octanol–water partition coefficient (Wildman–Crippen LogP) is 4.12. The van der Waals surface area contributed by atoms with Crippen molar-refractivity contribution in [1.29, 1.82) is 5.41 Å². The molecule has 0 aliphatic heterocycles. The van der Waals surface area contributed by atoms with Gasteiger partial charge in [-0.05, 0) is 42.5 Å². The number of hydrogen-bond acceptors (Lipinski definition) is 6. The first-order valence-corrected chi connectivity index (χ1v) is 9.63. The molecule has 4 aromatic rings. The number of aryl methyl sites for hydroxylation is 2. The fourth-order valence-electron chi connectivity index (χ4n) is 3.11. The van der Waals surface area contributed by atoms with E-state index in [1.807, 2.05) is 24.3 Å². The van der Waals surface area contributed by atoms with Crippen LogP contribution in [-0.2, 0) is 13.0 Å². The number of ether oxygens (including phenoxy) is 2. The number of thiazole rings is 1. The number of aromatic amines is 1. The van der Waals surface area contributed by atoms with E-state index >= 15 is 0 Å². The lowest BCUT2D eigenvalue weighted by Crippen LogP contribution is -2.17. The molecule has 30 heavy (non-hydrogen) atoms. The van der Waals surface area contributed by atoms with Gasteiger partial charge in [-0.3, -0.25) is 5.41 Å². The van der Waals surface area contributed by atoms with Crippen LogP contribution in [0.4, 0.5) is 13.2 Å². The number of rotatable bonds is 6. The van der Waals surface area contributed by atoms with Crippen molar-refractivity contribution in [1.82, 2.24) is 20.0 Å². The summed E-state index contributed by atoms with van der Waals surface area (Å²) in [5, 5.41) is 19.3. The molecule has 0 atom stereocenters. The first kappa shape index (κ1) is 20.0. The third-order valence-electron chi connectivity index (χ3n) is 4.46. The van der Waals surface area contributed by atoms with Crippen LogP contribution in [0.1, 0.15) is 5.69 Å². The molecule has 0 saturated heterocycles. The third kappa shape index (κ3) is 4.15. The molecule has 0 aliphatic carbocycles. The molecule has 2 aromatic heterocycles. The van der Waals surface area contributed by atoms with E-state index in [-0.39, 0.29) is 10.6 Å². The highest BCUT2D eigenvalue weighted by Crippen LogP contribution is 2.28. The van der Waals surface area contributed by atoms with Crippen molar-refractivity contribution in [2.24, 2.45) is 0 Å². The monoisotopic (exact) mass is 435 g/mol. The summed E-state index contributed by atoms with van der Waals surface area (Å²) in [6.45, 7) is 0.425. The maximum atomic E-state index is 12.4. The van der Waals surface area contributed by atoms with Crippen LogP contribution in [0, 0.1) is 5.41 Å². The van der Waals surface area contributed by atoms with Crippen molar-refractivity contribution in [2.75, 3.05) is 7.11 Å². The van der Waals surface area contributed by atoms with Gasteiger partial charge < -0.3 is 14.0 Å². The molecule has 2 heterocycles. The second-order valence-electron chi connectivity index (χ2n) is 6.33.